The van der Waals surface area contributed by atoms with Gasteiger partial charge in [-0.05, 0) is 24.3 Å². The van der Waals surface area contributed by atoms with Crippen LogP contribution in [0.4, 0.5) is 0 Å². The molecule has 1 aromatic carbocycles. The van der Waals surface area contributed by atoms with Crippen molar-refractivity contribution in [3.05, 3.63) is 29.8 Å². The molecule has 61 valence electrons. The summed E-state index contributed by atoms with van der Waals surface area (Å²) in [4.78, 5) is 0. The molecule has 0 aliphatic carbocycles. The van der Waals surface area contributed by atoms with E-state index in [0.717, 1.165) is 11.3 Å². The summed E-state index contributed by atoms with van der Waals surface area (Å²) in [5, 5.41) is 0. The Kier molecular flexibility index (Phi) is 4.45. The van der Waals surface area contributed by atoms with Gasteiger partial charge in [0.15, 0.2) is 0 Å². The van der Waals surface area contributed by atoms with Crippen LogP contribution in [0.3, 0.4) is 0 Å². The van der Waals surface area contributed by atoms with E-state index in [4.69, 9.17) is 11.2 Å². The Morgan fingerprint density at radius 2 is 1.82 bits per heavy atom. The summed E-state index contributed by atoms with van der Waals surface area (Å²) in [5.74, 6) is 3.36. The average Bonchev–Trinajstić information content (AvgIpc) is 2.05. The van der Waals surface area contributed by atoms with E-state index in [1.54, 1.807) is 7.11 Å². The standard InChI is InChI=1S/C9H8O.Cu/c1-3-8-4-6-9(10-2)7-5-8;/h1,4-7H,2H3;. The van der Waals surface area contributed by atoms with Crippen LogP contribution in [0.15, 0.2) is 24.3 Å². The Bertz CT molecular complexity index is 245. The van der Waals surface area contributed by atoms with Crippen LogP contribution < -0.4 is 4.74 Å². The van der Waals surface area contributed by atoms with Gasteiger partial charge in [0.1, 0.15) is 5.75 Å². The molecule has 0 heterocycles. The number of rotatable bonds is 1. The van der Waals surface area contributed by atoms with Gasteiger partial charge in [-0.25, -0.2) is 0 Å². The van der Waals surface area contributed by atoms with Crippen LogP contribution in [0, 0.1) is 12.3 Å². The number of ether oxygens (including phenoxy) is 1. The first-order valence-electron chi connectivity index (χ1n) is 2.97. The molecule has 0 saturated carbocycles. The van der Waals surface area contributed by atoms with Crippen molar-refractivity contribution in [1.82, 2.24) is 0 Å². The Morgan fingerprint density at radius 1 is 1.27 bits per heavy atom. The van der Waals surface area contributed by atoms with Crippen LogP contribution >= 0.6 is 0 Å². The largest absolute Gasteiger partial charge is 0.497 e. The molecule has 11 heavy (non-hydrogen) atoms. The summed E-state index contributed by atoms with van der Waals surface area (Å²) in [6.45, 7) is 0. The van der Waals surface area contributed by atoms with E-state index < -0.39 is 0 Å². The third kappa shape index (κ3) is 2.67. The van der Waals surface area contributed by atoms with Gasteiger partial charge in [0.2, 0.25) is 0 Å². The fourth-order valence-electron chi connectivity index (χ4n) is 0.687. The fraction of sp³-hybridized carbons (Fsp3) is 0.111. The molecule has 2 heteroatoms. The van der Waals surface area contributed by atoms with E-state index in [1.807, 2.05) is 24.3 Å². The molecule has 0 bridgehead atoms. The van der Waals surface area contributed by atoms with Gasteiger partial charge in [-0.1, -0.05) is 5.92 Å². The quantitative estimate of drug-likeness (QED) is 0.490. The Balaban J connectivity index is 0.000001000. The number of hydrogen-bond acceptors (Lipinski definition) is 1. The second-order valence-electron chi connectivity index (χ2n) is 1.87. The van der Waals surface area contributed by atoms with Gasteiger partial charge >= 0.3 is 0 Å². The van der Waals surface area contributed by atoms with Gasteiger partial charge in [0.05, 0.1) is 7.11 Å². The summed E-state index contributed by atoms with van der Waals surface area (Å²) in [6.07, 6.45) is 5.15. The molecule has 0 N–H and O–H groups in total. The number of hydrogen-bond donors (Lipinski definition) is 0. The van der Waals surface area contributed by atoms with E-state index in [1.165, 1.54) is 0 Å². The predicted molar refractivity (Wildman–Crippen MR) is 40.9 cm³/mol. The van der Waals surface area contributed by atoms with E-state index in [-0.39, 0.29) is 17.1 Å². The molecule has 0 amide bonds. The van der Waals surface area contributed by atoms with Gasteiger partial charge in [-0.15, -0.1) is 6.42 Å². The van der Waals surface area contributed by atoms with Crippen molar-refractivity contribution < 1.29 is 21.8 Å². The average molecular weight is 196 g/mol. The molecule has 0 fully saturated rings. The summed E-state index contributed by atoms with van der Waals surface area (Å²) in [6, 6.07) is 7.38. The molecular weight excluding hydrogens is 188 g/mol. The molecule has 0 spiro atoms. The van der Waals surface area contributed by atoms with Crippen LogP contribution in [0.25, 0.3) is 0 Å². The third-order valence-corrected chi connectivity index (χ3v) is 1.26. The van der Waals surface area contributed by atoms with Gasteiger partial charge in [-0.2, -0.15) is 0 Å². The predicted octanol–water partition coefficient (Wildman–Crippen LogP) is 1.67. The minimum Gasteiger partial charge on any atom is -0.497 e. The zero-order valence-electron chi connectivity index (χ0n) is 6.10. The van der Waals surface area contributed by atoms with Crippen LogP contribution in [-0.4, -0.2) is 7.11 Å². The second kappa shape index (κ2) is 4.85. The zero-order valence-corrected chi connectivity index (χ0v) is 7.04. The van der Waals surface area contributed by atoms with Crippen LogP contribution in [0.5, 0.6) is 5.75 Å². The Hall–Kier alpha value is -0.901. The first-order valence-corrected chi connectivity index (χ1v) is 2.97. The van der Waals surface area contributed by atoms with Crippen molar-refractivity contribution >= 4 is 0 Å². The van der Waals surface area contributed by atoms with Gasteiger partial charge < -0.3 is 4.74 Å². The monoisotopic (exact) mass is 195 g/mol. The first kappa shape index (κ1) is 10.1. The molecule has 0 aromatic heterocycles. The molecule has 1 aromatic rings. The summed E-state index contributed by atoms with van der Waals surface area (Å²) < 4.78 is 4.95. The van der Waals surface area contributed by atoms with Crippen molar-refractivity contribution in [2.24, 2.45) is 0 Å². The second-order valence-corrected chi connectivity index (χ2v) is 1.87. The fourth-order valence-corrected chi connectivity index (χ4v) is 0.687. The molecule has 0 aliphatic heterocycles. The zero-order chi connectivity index (χ0) is 7.40. The molecular formula is C9H8CuO. The van der Waals surface area contributed by atoms with Gasteiger partial charge in [-0.3, -0.25) is 0 Å². The van der Waals surface area contributed by atoms with Crippen molar-refractivity contribution in [1.29, 1.82) is 0 Å². The van der Waals surface area contributed by atoms with Crippen LogP contribution in [0.2, 0.25) is 0 Å². The Labute approximate surface area is 77.2 Å². The van der Waals surface area contributed by atoms with Gasteiger partial charge in [0, 0.05) is 22.6 Å². The van der Waals surface area contributed by atoms with Crippen LogP contribution in [-0.2, 0) is 17.1 Å². The van der Waals surface area contributed by atoms with Crippen molar-refractivity contribution in [2.75, 3.05) is 7.11 Å². The third-order valence-electron chi connectivity index (χ3n) is 1.26. The van der Waals surface area contributed by atoms with Crippen molar-refractivity contribution in [2.45, 2.75) is 0 Å². The molecule has 1 radical (unpaired) electrons. The smallest absolute Gasteiger partial charge is 0.118 e. The normalized spacial score (nSPS) is 7.64. The summed E-state index contributed by atoms with van der Waals surface area (Å²) in [5.41, 5.74) is 0.876. The molecule has 1 rings (SSSR count). The number of terminal acetylenes is 1. The topological polar surface area (TPSA) is 9.23 Å². The minimum absolute atomic E-state index is 0. The van der Waals surface area contributed by atoms with E-state index in [2.05, 4.69) is 5.92 Å². The van der Waals surface area contributed by atoms with Gasteiger partial charge in [0.25, 0.3) is 0 Å². The van der Waals surface area contributed by atoms with Crippen molar-refractivity contribution in [3.63, 3.8) is 0 Å². The maximum Gasteiger partial charge on any atom is 0.118 e. The minimum atomic E-state index is 0. The molecule has 1 nitrogen and oxygen atoms in total. The maximum atomic E-state index is 5.15. The maximum absolute atomic E-state index is 5.15. The molecule has 0 saturated heterocycles. The SMILES string of the molecule is C#Cc1ccc(OC)cc1.[Cu]. The summed E-state index contributed by atoms with van der Waals surface area (Å²) >= 11 is 0. The molecule has 0 aliphatic rings. The Morgan fingerprint density at radius 3 is 2.18 bits per heavy atom. The molecule has 0 unspecified atom stereocenters. The van der Waals surface area contributed by atoms with E-state index in [9.17, 15) is 0 Å². The molecule has 0 atom stereocenters. The number of methoxy groups -OCH3 is 1. The summed E-state index contributed by atoms with van der Waals surface area (Å²) in [7, 11) is 1.63. The first-order chi connectivity index (χ1) is 4.86. The van der Waals surface area contributed by atoms with E-state index in [0.29, 0.717) is 0 Å². The van der Waals surface area contributed by atoms with E-state index >= 15 is 0 Å². The number of benzene rings is 1. The van der Waals surface area contributed by atoms with Crippen molar-refractivity contribution in [3.8, 4) is 18.1 Å². The van der Waals surface area contributed by atoms with Crippen LogP contribution in [0.1, 0.15) is 5.56 Å².